The number of pyridine rings is 1. The number of carbonyl (C=O) groups excluding carboxylic acids is 1. The smallest absolute Gasteiger partial charge is 0.267 e. The number of nitrogens with zero attached hydrogens (tertiary/aromatic N) is 5. The summed E-state index contributed by atoms with van der Waals surface area (Å²) in [7, 11) is -2.53. The van der Waals surface area contributed by atoms with Crippen molar-refractivity contribution in [3.05, 3.63) is 84.1 Å². The van der Waals surface area contributed by atoms with Crippen molar-refractivity contribution < 1.29 is 17.9 Å². The number of methoxy groups -OCH3 is 1. The standard InChI is InChI=1S/C25H21N7O4S/c1-36-18-9-5-15(6-10-18)14-32-30-25(29-31-32)23-19(3-2-4-22(23)37(27,34)35)16-7-11-20-17(13-16)8-12-21(28-20)24(26)33/h2-13H,14H2,1H3,(H2,26,33)(H2,27,34,35). The molecule has 4 N–H and O–H groups in total. The summed E-state index contributed by atoms with van der Waals surface area (Å²) in [6, 6.07) is 20.7. The Balaban J connectivity index is 1.60. The van der Waals surface area contributed by atoms with Crippen LogP contribution in [0.1, 0.15) is 16.1 Å². The van der Waals surface area contributed by atoms with Crippen LogP contribution in [0.25, 0.3) is 33.4 Å². The van der Waals surface area contributed by atoms with Gasteiger partial charge in [0.25, 0.3) is 5.91 Å². The third kappa shape index (κ3) is 4.87. The molecule has 0 unspecified atom stereocenters. The van der Waals surface area contributed by atoms with E-state index in [1.54, 1.807) is 37.4 Å². The second-order valence-electron chi connectivity index (χ2n) is 8.18. The Morgan fingerprint density at radius 1 is 1.03 bits per heavy atom. The summed E-state index contributed by atoms with van der Waals surface area (Å²) >= 11 is 0. The van der Waals surface area contributed by atoms with Crippen molar-refractivity contribution in [3.8, 4) is 28.3 Å². The quantitative estimate of drug-likeness (QED) is 0.333. The fourth-order valence-electron chi connectivity index (χ4n) is 3.97. The molecular weight excluding hydrogens is 494 g/mol. The number of tetrazole rings is 1. The summed E-state index contributed by atoms with van der Waals surface area (Å²) in [5.74, 6) is 0.201. The molecule has 2 heterocycles. The lowest BCUT2D eigenvalue weighted by Crippen LogP contribution is -2.14. The molecule has 0 saturated heterocycles. The number of fused-ring (bicyclic) bond motifs is 1. The summed E-state index contributed by atoms with van der Waals surface area (Å²) in [6.45, 7) is 0.313. The summed E-state index contributed by atoms with van der Waals surface area (Å²) in [4.78, 5) is 17.0. The third-order valence-electron chi connectivity index (χ3n) is 5.74. The van der Waals surface area contributed by atoms with Crippen LogP contribution in [0.5, 0.6) is 5.75 Å². The molecule has 2 aromatic heterocycles. The largest absolute Gasteiger partial charge is 0.497 e. The molecule has 11 nitrogen and oxygen atoms in total. The number of ether oxygens (including phenoxy) is 1. The van der Waals surface area contributed by atoms with Crippen LogP contribution in [0.15, 0.2) is 77.7 Å². The normalized spacial score (nSPS) is 11.5. The average molecular weight is 516 g/mol. The van der Waals surface area contributed by atoms with E-state index >= 15 is 0 Å². The average Bonchev–Trinajstić information content (AvgIpc) is 3.35. The highest BCUT2D eigenvalue weighted by Gasteiger charge is 2.23. The Kier molecular flexibility index (Phi) is 6.11. The van der Waals surface area contributed by atoms with Gasteiger partial charge in [0.05, 0.1) is 29.6 Å². The molecule has 0 radical (unpaired) electrons. The number of amides is 1. The Morgan fingerprint density at radius 2 is 1.81 bits per heavy atom. The van der Waals surface area contributed by atoms with Gasteiger partial charge in [-0.25, -0.2) is 18.5 Å². The predicted molar refractivity (Wildman–Crippen MR) is 136 cm³/mol. The zero-order valence-electron chi connectivity index (χ0n) is 19.6. The Hall–Kier alpha value is -4.68. The van der Waals surface area contributed by atoms with Crippen LogP contribution in [-0.4, -0.2) is 46.6 Å². The first kappa shape index (κ1) is 24.0. The van der Waals surface area contributed by atoms with Gasteiger partial charge in [-0.2, -0.15) is 4.80 Å². The number of sulfonamides is 1. The van der Waals surface area contributed by atoms with E-state index in [-0.39, 0.29) is 22.0 Å². The Bertz CT molecular complexity index is 1750. The van der Waals surface area contributed by atoms with E-state index in [4.69, 9.17) is 15.6 Å². The van der Waals surface area contributed by atoms with Crippen molar-refractivity contribution in [2.24, 2.45) is 10.9 Å². The molecule has 5 rings (SSSR count). The van der Waals surface area contributed by atoms with Gasteiger partial charge in [0.1, 0.15) is 11.4 Å². The Labute approximate surface area is 211 Å². The van der Waals surface area contributed by atoms with Crippen molar-refractivity contribution in [3.63, 3.8) is 0 Å². The number of hydrogen-bond acceptors (Lipinski definition) is 8. The topological polar surface area (TPSA) is 169 Å². The van der Waals surface area contributed by atoms with E-state index in [1.165, 1.54) is 16.9 Å². The molecule has 186 valence electrons. The number of aromatic nitrogens is 5. The highest BCUT2D eigenvalue weighted by Crippen LogP contribution is 2.36. The van der Waals surface area contributed by atoms with Gasteiger partial charge in [-0.15, -0.1) is 10.2 Å². The number of hydrogen-bond donors (Lipinski definition) is 2. The van der Waals surface area contributed by atoms with Crippen LogP contribution in [0, 0.1) is 0 Å². The van der Waals surface area contributed by atoms with E-state index in [1.807, 2.05) is 30.3 Å². The van der Waals surface area contributed by atoms with Gasteiger partial charge in [-0.1, -0.05) is 36.4 Å². The van der Waals surface area contributed by atoms with Gasteiger partial charge in [0.15, 0.2) is 0 Å². The number of primary sulfonamides is 1. The molecule has 0 bridgehead atoms. The molecule has 5 aromatic rings. The molecule has 37 heavy (non-hydrogen) atoms. The van der Waals surface area contributed by atoms with Crippen molar-refractivity contribution in [2.45, 2.75) is 11.4 Å². The van der Waals surface area contributed by atoms with Gasteiger partial charge in [0, 0.05) is 5.39 Å². The number of benzene rings is 3. The fourth-order valence-corrected chi connectivity index (χ4v) is 4.73. The van der Waals surface area contributed by atoms with Crippen LogP contribution in [-0.2, 0) is 16.6 Å². The van der Waals surface area contributed by atoms with E-state index in [0.717, 1.165) is 16.7 Å². The number of carbonyl (C=O) groups is 1. The lowest BCUT2D eigenvalue weighted by Gasteiger charge is -2.12. The second kappa shape index (κ2) is 9.41. The SMILES string of the molecule is COc1ccc(Cn2nnc(-c3c(-c4ccc5nc(C(N)=O)ccc5c4)cccc3S(N)(=O)=O)n2)cc1. The monoisotopic (exact) mass is 515 g/mol. The fraction of sp³-hybridized carbons (Fsp3) is 0.0800. The maximum Gasteiger partial charge on any atom is 0.267 e. The predicted octanol–water partition coefficient (Wildman–Crippen LogP) is 2.36. The molecule has 0 saturated carbocycles. The summed E-state index contributed by atoms with van der Waals surface area (Å²) in [5, 5.41) is 19.0. The van der Waals surface area contributed by atoms with Gasteiger partial charge in [-0.05, 0) is 58.3 Å². The minimum Gasteiger partial charge on any atom is -0.497 e. The molecule has 3 aromatic carbocycles. The molecule has 1 amide bonds. The molecular formula is C25H21N7O4S. The minimum absolute atomic E-state index is 0.107. The van der Waals surface area contributed by atoms with E-state index < -0.39 is 15.9 Å². The maximum absolute atomic E-state index is 12.5. The summed E-state index contributed by atoms with van der Waals surface area (Å²) in [6.07, 6.45) is 0. The van der Waals surface area contributed by atoms with Crippen LogP contribution in [0.4, 0.5) is 0 Å². The second-order valence-corrected chi connectivity index (χ2v) is 9.71. The van der Waals surface area contributed by atoms with E-state index in [9.17, 15) is 13.2 Å². The highest BCUT2D eigenvalue weighted by molar-refractivity contribution is 7.89. The van der Waals surface area contributed by atoms with Crippen molar-refractivity contribution in [1.82, 2.24) is 25.2 Å². The summed E-state index contributed by atoms with van der Waals surface area (Å²) < 4.78 is 30.2. The van der Waals surface area contributed by atoms with Crippen LogP contribution in [0.3, 0.4) is 0 Å². The minimum atomic E-state index is -4.12. The number of primary amides is 1. The molecule has 0 aliphatic carbocycles. The van der Waals surface area contributed by atoms with Crippen molar-refractivity contribution in [1.29, 1.82) is 0 Å². The van der Waals surface area contributed by atoms with Gasteiger partial charge >= 0.3 is 0 Å². The van der Waals surface area contributed by atoms with E-state index in [2.05, 4.69) is 20.4 Å². The molecule has 0 spiro atoms. The highest BCUT2D eigenvalue weighted by atomic mass is 32.2. The molecule has 0 aliphatic rings. The zero-order valence-corrected chi connectivity index (χ0v) is 20.4. The maximum atomic E-state index is 12.5. The van der Waals surface area contributed by atoms with Crippen molar-refractivity contribution in [2.75, 3.05) is 7.11 Å². The lowest BCUT2D eigenvalue weighted by molar-refractivity contribution is 0.0996. The number of rotatable bonds is 7. The zero-order chi connectivity index (χ0) is 26.2. The lowest BCUT2D eigenvalue weighted by atomic mass is 9.97. The molecule has 12 heteroatoms. The third-order valence-corrected chi connectivity index (χ3v) is 6.70. The first-order valence-corrected chi connectivity index (χ1v) is 12.6. The van der Waals surface area contributed by atoms with Crippen LogP contribution in [0.2, 0.25) is 0 Å². The Morgan fingerprint density at radius 3 is 2.51 bits per heavy atom. The molecule has 0 fully saturated rings. The van der Waals surface area contributed by atoms with Gasteiger partial charge in [-0.3, -0.25) is 4.79 Å². The van der Waals surface area contributed by atoms with Crippen molar-refractivity contribution >= 4 is 26.8 Å². The first-order chi connectivity index (χ1) is 17.7. The first-order valence-electron chi connectivity index (χ1n) is 11.0. The molecule has 0 atom stereocenters. The van der Waals surface area contributed by atoms with Gasteiger partial charge in [0.2, 0.25) is 15.8 Å². The number of nitrogens with two attached hydrogens (primary N) is 2. The molecule has 0 aliphatic heterocycles. The van der Waals surface area contributed by atoms with Crippen LogP contribution < -0.4 is 15.6 Å². The van der Waals surface area contributed by atoms with E-state index in [0.29, 0.717) is 23.2 Å². The van der Waals surface area contributed by atoms with Crippen LogP contribution >= 0.6 is 0 Å². The summed E-state index contributed by atoms with van der Waals surface area (Å²) in [5.41, 5.74) is 8.39. The van der Waals surface area contributed by atoms with Gasteiger partial charge < -0.3 is 10.5 Å².